The fourth-order valence-corrected chi connectivity index (χ4v) is 3.11. The molecule has 150 valence electrons. The number of hydrogen-bond donors (Lipinski definition) is 1. The lowest BCUT2D eigenvalue weighted by atomic mass is 10.2. The molecule has 6 nitrogen and oxygen atoms in total. The Morgan fingerprint density at radius 3 is 2.59 bits per heavy atom. The standard InChI is InChI=1S/C22H21FN2O4/c23-16-5-7-17(8-6-16)28-15-18-9-10-21(29-18)22(26)24-19-3-1-2-4-20(19)25-11-13-27-14-12-25/h1-10H,11-15H2,(H,24,26). The van der Waals surface area contributed by atoms with Gasteiger partial charge in [0.05, 0.1) is 24.6 Å². The van der Waals surface area contributed by atoms with Crippen LogP contribution in [0.15, 0.2) is 65.1 Å². The Morgan fingerprint density at radius 2 is 1.79 bits per heavy atom. The smallest absolute Gasteiger partial charge is 0.291 e. The molecular weight excluding hydrogens is 375 g/mol. The zero-order valence-corrected chi connectivity index (χ0v) is 15.8. The number of nitrogens with zero attached hydrogens (tertiary/aromatic N) is 1. The first kappa shape index (κ1) is 19.0. The second kappa shape index (κ2) is 8.79. The Balaban J connectivity index is 1.40. The predicted octanol–water partition coefficient (Wildman–Crippen LogP) is 4.09. The highest BCUT2D eigenvalue weighted by Crippen LogP contribution is 2.27. The normalized spacial score (nSPS) is 13.9. The van der Waals surface area contributed by atoms with Crippen molar-refractivity contribution in [2.75, 3.05) is 36.5 Å². The molecule has 2 aromatic carbocycles. The summed E-state index contributed by atoms with van der Waals surface area (Å²) < 4.78 is 29.5. The average Bonchev–Trinajstić information content (AvgIpc) is 3.24. The lowest BCUT2D eigenvalue weighted by Crippen LogP contribution is -2.36. The summed E-state index contributed by atoms with van der Waals surface area (Å²) >= 11 is 0. The molecule has 0 saturated carbocycles. The van der Waals surface area contributed by atoms with E-state index in [1.54, 1.807) is 12.1 Å². The zero-order chi connectivity index (χ0) is 20.1. The first-order valence-electron chi connectivity index (χ1n) is 9.39. The zero-order valence-electron chi connectivity index (χ0n) is 15.8. The SMILES string of the molecule is O=C(Nc1ccccc1N1CCOCC1)c1ccc(COc2ccc(F)cc2)o1. The van der Waals surface area contributed by atoms with Crippen molar-refractivity contribution >= 4 is 17.3 Å². The Morgan fingerprint density at radius 1 is 1.03 bits per heavy atom. The predicted molar refractivity (Wildman–Crippen MR) is 107 cm³/mol. The van der Waals surface area contributed by atoms with Gasteiger partial charge in [0.1, 0.15) is 23.9 Å². The van der Waals surface area contributed by atoms with Gasteiger partial charge in [-0.05, 0) is 48.5 Å². The minimum absolute atomic E-state index is 0.142. The Labute approximate surface area is 167 Å². The number of halogens is 1. The second-order valence-corrected chi connectivity index (χ2v) is 6.58. The van der Waals surface area contributed by atoms with Gasteiger partial charge in [0.15, 0.2) is 5.76 Å². The lowest BCUT2D eigenvalue weighted by molar-refractivity contribution is 0.0992. The molecule has 0 unspecified atom stereocenters. The van der Waals surface area contributed by atoms with Crippen molar-refractivity contribution in [3.8, 4) is 5.75 Å². The van der Waals surface area contributed by atoms with Gasteiger partial charge < -0.3 is 24.1 Å². The lowest BCUT2D eigenvalue weighted by Gasteiger charge is -2.30. The summed E-state index contributed by atoms with van der Waals surface area (Å²) in [6.45, 7) is 3.02. The molecule has 2 heterocycles. The van der Waals surface area contributed by atoms with Crippen LogP contribution in [0, 0.1) is 5.82 Å². The molecule has 7 heteroatoms. The number of morpholine rings is 1. The maximum Gasteiger partial charge on any atom is 0.291 e. The van der Waals surface area contributed by atoms with Gasteiger partial charge in [-0.2, -0.15) is 0 Å². The summed E-state index contributed by atoms with van der Waals surface area (Å²) in [4.78, 5) is 14.8. The molecule has 4 rings (SSSR count). The first-order valence-corrected chi connectivity index (χ1v) is 9.39. The van der Waals surface area contributed by atoms with E-state index in [0.717, 1.165) is 24.5 Å². The van der Waals surface area contributed by atoms with Gasteiger partial charge in [0.2, 0.25) is 0 Å². The number of rotatable bonds is 6. The van der Waals surface area contributed by atoms with Gasteiger partial charge in [0.25, 0.3) is 5.91 Å². The van der Waals surface area contributed by atoms with E-state index in [1.165, 1.54) is 24.3 Å². The van der Waals surface area contributed by atoms with Crippen LogP contribution in [0.5, 0.6) is 5.75 Å². The Kier molecular flexibility index (Phi) is 5.76. The van der Waals surface area contributed by atoms with Crippen LogP contribution in [0.25, 0.3) is 0 Å². The van der Waals surface area contributed by atoms with E-state index in [-0.39, 0.29) is 24.1 Å². The molecular formula is C22H21FN2O4. The van der Waals surface area contributed by atoms with Gasteiger partial charge in [0, 0.05) is 13.1 Å². The minimum Gasteiger partial charge on any atom is -0.486 e. The monoisotopic (exact) mass is 396 g/mol. The van der Waals surface area contributed by atoms with Crippen molar-refractivity contribution in [2.45, 2.75) is 6.61 Å². The molecule has 1 aromatic heterocycles. The first-order chi connectivity index (χ1) is 14.2. The van der Waals surface area contributed by atoms with Crippen LogP contribution in [0.2, 0.25) is 0 Å². The number of ether oxygens (including phenoxy) is 2. The number of amides is 1. The Hall–Kier alpha value is -3.32. The third-order valence-electron chi connectivity index (χ3n) is 4.58. The van der Waals surface area contributed by atoms with Crippen molar-refractivity contribution < 1.29 is 23.1 Å². The van der Waals surface area contributed by atoms with Gasteiger partial charge in [-0.25, -0.2) is 4.39 Å². The third-order valence-corrected chi connectivity index (χ3v) is 4.58. The fourth-order valence-electron chi connectivity index (χ4n) is 3.11. The molecule has 1 N–H and O–H groups in total. The summed E-state index contributed by atoms with van der Waals surface area (Å²) in [5.74, 6) is 0.555. The second-order valence-electron chi connectivity index (χ2n) is 6.58. The number of benzene rings is 2. The van der Waals surface area contributed by atoms with E-state index < -0.39 is 0 Å². The summed E-state index contributed by atoms with van der Waals surface area (Å²) in [5.41, 5.74) is 1.68. The van der Waals surface area contributed by atoms with Crippen molar-refractivity contribution in [1.29, 1.82) is 0 Å². The van der Waals surface area contributed by atoms with Crippen LogP contribution in [-0.2, 0) is 11.3 Å². The van der Waals surface area contributed by atoms with Gasteiger partial charge in [-0.15, -0.1) is 0 Å². The topological polar surface area (TPSA) is 63.9 Å². The molecule has 29 heavy (non-hydrogen) atoms. The number of nitrogens with one attached hydrogen (secondary N) is 1. The van der Waals surface area contributed by atoms with E-state index in [4.69, 9.17) is 13.9 Å². The highest BCUT2D eigenvalue weighted by atomic mass is 19.1. The quantitative estimate of drug-likeness (QED) is 0.680. The summed E-state index contributed by atoms with van der Waals surface area (Å²) in [7, 11) is 0. The number of para-hydroxylation sites is 2. The molecule has 1 aliphatic rings. The maximum absolute atomic E-state index is 12.9. The number of carbonyl (C=O) groups is 1. The number of carbonyl (C=O) groups excluding carboxylic acids is 1. The van der Waals surface area contributed by atoms with Crippen LogP contribution >= 0.6 is 0 Å². The molecule has 0 aliphatic carbocycles. The van der Waals surface area contributed by atoms with Crippen LogP contribution in [0.3, 0.4) is 0 Å². The Bertz CT molecular complexity index is 965. The molecule has 3 aromatic rings. The van der Waals surface area contributed by atoms with E-state index in [2.05, 4.69) is 10.2 Å². The number of hydrogen-bond acceptors (Lipinski definition) is 5. The molecule has 1 fully saturated rings. The fraction of sp³-hybridized carbons (Fsp3) is 0.227. The van der Waals surface area contributed by atoms with E-state index in [0.29, 0.717) is 24.7 Å². The van der Waals surface area contributed by atoms with E-state index in [9.17, 15) is 9.18 Å². The van der Waals surface area contributed by atoms with Crippen LogP contribution in [-0.4, -0.2) is 32.2 Å². The van der Waals surface area contributed by atoms with Gasteiger partial charge >= 0.3 is 0 Å². The number of anilines is 2. The summed E-state index contributed by atoms with van der Waals surface area (Å²) in [6.07, 6.45) is 0. The van der Waals surface area contributed by atoms with Crippen LogP contribution in [0.1, 0.15) is 16.3 Å². The van der Waals surface area contributed by atoms with E-state index >= 15 is 0 Å². The molecule has 1 amide bonds. The van der Waals surface area contributed by atoms with Gasteiger partial charge in [-0.1, -0.05) is 12.1 Å². The molecule has 1 aliphatic heterocycles. The highest BCUT2D eigenvalue weighted by Gasteiger charge is 2.18. The van der Waals surface area contributed by atoms with Crippen molar-refractivity contribution in [3.63, 3.8) is 0 Å². The molecule has 0 radical (unpaired) electrons. The average molecular weight is 396 g/mol. The highest BCUT2D eigenvalue weighted by molar-refractivity contribution is 6.04. The maximum atomic E-state index is 12.9. The molecule has 0 bridgehead atoms. The van der Waals surface area contributed by atoms with Crippen molar-refractivity contribution in [1.82, 2.24) is 0 Å². The summed E-state index contributed by atoms with van der Waals surface area (Å²) in [6, 6.07) is 16.7. The van der Waals surface area contributed by atoms with Crippen molar-refractivity contribution in [2.24, 2.45) is 0 Å². The largest absolute Gasteiger partial charge is 0.486 e. The molecule has 0 spiro atoms. The number of furan rings is 1. The molecule has 1 saturated heterocycles. The van der Waals surface area contributed by atoms with Crippen molar-refractivity contribution in [3.05, 3.63) is 78.0 Å². The molecule has 0 atom stereocenters. The van der Waals surface area contributed by atoms with E-state index in [1.807, 2.05) is 24.3 Å². The van der Waals surface area contributed by atoms with Crippen LogP contribution in [0.4, 0.5) is 15.8 Å². The summed E-state index contributed by atoms with van der Waals surface area (Å²) in [5, 5.41) is 2.92. The minimum atomic E-state index is -0.334. The van der Waals surface area contributed by atoms with Crippen LogP contribution < -0.4 is 15.0 Å². The van der Waals surface area contributed by atoms with Gasteiger partial charge in [-0.3, -0.25) is 4.79 Å². The third kappa shape index (κ3) is 4.75.